The van der Waals surface area contributed by atoms with Crippen LogP contribution in [0.2, 0.25) is 0 Å². The van der Waals surface area contributed by atoms with Gasteiger partial charge in [-0.05, 0) is 44.3 Å². The van der Waals surface area contributed by atoms with E-state index in [0.29, 0.717) is 0 Å². The second-order valence-corrected chi connectivity index (χ2v) is 5.80. The van der Waals surface area contributed by atoms with Gasteiger partial charge in [-0.2, -0.15) is 5.26 Å². The first-order chi connectivity index (χ1) is 11.2. The molecule has 0 radical (unpaired) electrons. The predicted molar refractivity (Wildman–Crippen MR) is 90.6 cm³/mol. The molecule has 0 saturated heterocycles. The van der Waals surface area contributed by atoms with Crippen molar-refractivity contribution in [2.24, 2.45) is 5.92 Å². The third-order valence-corrected chi connectivity index (χ3v) is 4.50. The Bertz CT molecular complexity index is 1080. The summed E-state index contributed by atoms with van der Waals surface area (Å²) < 4.78 is 0. The Balaban J connectivity index is 2.04. The summed E-state index contributed by atoms with van der Waals surface area (Å²) in [5.41, 5.74) is 0.907. The topological polar surface area (TPSA) is 61.1 Å². The standard InChI is InChI=1S/C20H13NO2/c21-11-16(20(22)23)10-15-7-6-14-5-4-12-2-1-3-13-8-9-17(15)19(14)18(12)13/h1-9,16H,10H2,(H,22,23). The Morgan fingerprint density at radius 2 is 1.57 bits per heavy atom. The van der Waals surface area contributed by atoms with Crippen molar-refractivity contribution < 1.29 is 9.90 Å². The van der Waals surface area contributed by atoms with Crippen LogP contribution in [0.25, 0.3) is 32.3 Å². The third-order valence-electron chi connectivity index (χ3n) is 4.50. The molecule has 0 saturated carbocycles. The molecule has 4 rings (SSSR count). The van der Waals surface area contributed by atoms with Crippen LogP contribution >= 0.6 is 0 Å². The van der Waals surface area contributed by atoms with Crippen molar-refractivity contribution in [2.45, 2.75) is 6.42 Å². The molecule has 0 amide bonds. The Morgan fingerprint density at radius 1 is 0.957 bits per heavy atom. The first-order valence-electron chi connectivity index (χ1n) is 7.47. The number of carbonyl (C=O) groups is 1. The molecule has 0 bridgehead atoms. The monoisotopic (exact) mass is 299 g/mol. The van der Waals surface area contributed by atoms with Crippen molar-refractivity contribution >= 4 is 38.3 Å². The first kappa shape index (κ1) is 13.5. The van der Waals surface area contributed by atoms with Crippen LogP contribution in [0.15, 0.2) is 54.6 Å². The van der Waals surface area contributed by atoms with Gasteiger partial charge in [0.15, 0.2) is 0 Å². The van der Waals surface area contributed by atoms with Crippen molar-refractivity contribution in [3.63, 3.8) is 0 Å². The Hall–Kier alpha value is -3.12. The molecule has 1 N–H and O–H groups in total. The van der Waals surface area contributed by atoms with Crippen molar-refractivity contribution in [2.75, 3.05) is 0 Å². The van der Waals surface area contributed by atoms with Gasteiger partial charge in [0, 0.05) is 0 Å². The molecule has 3 heteroatoms. The molecule has 3 nitrogen and oxygen atoms in total. The molecule has 110 valence electrons. The number of rotatable bonds is 3. The summed E-state index contributed by atoms with van der Waals surface area (Å²) in [6.07, 6.45) is 0.222. The third kappa shape index (κ3) is 2.00. The molecule has 0 aliphatic heterocycles. The number of carboxylic acids is 1. The molecule has 0 aromatic heterocycles. The minimum Gasteiger partial charge on any atom is -0.480 e. The van der Waals surface area contributed by atoms with Gasteiger partial charge in [-0.25, -0.2) is 0 Å². The minimum atomic E-state index is -1.07. The Morgan fingerprint density at radius 3 is 2.22 bits per heavy atom. The molecule has 23 heavy (non-hydrogen) atoms. The number of benzene rings is 4. The van der Waals surface area contributed by atoms with Crippen LogP contribution in [-0.2, 0) is 11.2 Å². The number of aliphatic carboxylic acids is 1. The van der Waals surface area contributed by atoms with Gasteiger partial charge in [0.25, 0.3) is 0 Å². The minimum absolute atomic E-state index is 0.222. The maximum absolute atomic E-state index is 11.2. The highest BCUT2D eigenvalue weighted by atomic mass is 16.4. The van der Waals surface area contributed by atoms with Gasteiger partial charge in [0.1, 0.15) is 5.92 Å². The van der Waals surface area contributed by atoms with E-state index in [1.54, 1.807) is 0 Å². The van der Waals surface area contributed by atoms with E-state index in [-0.39, 0.29) is 6.42 Å². The van der Waals surface area contributed by atoms with Crippen molar-refractivity contribution in [3.05, 3.63) is 60.2 Å². The number of nitriles is 1. The number of nitrogens with zero attached hydrogens (tertiary/aromatic N) is 1. The van der Waals surface area contributed by atoms with E-state index in [0.717, 1.165) is 21.7 Å². The highest BCUT2D eigenvalue weighted by molar-refractivity contribution is 6.23. The van der Waals surface area contributed by atoms with E-state index in [2.05, 4.69) is 30.3 Å². The van der Waals surface area contributed by atoms with Crippen LogP contribution in [0, 0.1) is 17.2 Å². The van der Waals surface area contributed by atoms with E-state index in [1.807, 2.05) is 30.3 Å². The van der Waals surface area contributed by atoms with Gasteiger partial charge < -0.3 is 5.11 Å². The van der Waals surface area contributed by atoms with E-state index >= 15 is 0 Å². The predicted octanol–water partition coefficient (Wildman–Crippen LogP) is 4.35. The van der Waals surface area contributed by atoms with Crippen LogP contribution in [0.4, 0.5) is 0 Å². The lowest BCUT2D eigenvalue weighted by molar-refractivity contribution is -0.139. The average Bonchev–Trinajstić information content (AvgIpc) is 2.58. The summed E-state index contributed by atoms with van der Waals surface area (Å²) in [6, 6.07) is 20.3. The zero-order valence-electron chi connectivity index (χ0n) is 12.3. The molecule has 0 spiro atoms. The fourth-order valence-corrected chi connectivity index (χ4v) is 3.38. The van der Waals surface area contributed by atoms with Crippen LogP contribution in [-0.4, -0.2) is 11.1 Å². The van der Waals surface area contributed by atoms with Crippen LogP contribution in [0.1, 0.15) is 5.56 Å². The van der Waals surface area contributed by atoms with Gasteiger partial charge in [0.2, 0.25) is 0 Å². The molecule has 4 aromatic rings. The lowest BCUT2D eigenvalue weighted by Gasteiger charge is -2.14. The zero-order chi connectivity index (χ0) is 16.0. The van der Waals surface area contributed by atoms with Gasteiger partial charge in [0.05, 0.1) is 6.07 Å². The van der Waals surface area contributed by atoms with E-state index < -0.39 is 11.9 Å². The molecule has 0 heterocycles. The summed E-state index contributed by atoms with van der Waals surface area (Å²) in [7, 11) is 0. The molecular weight excluding hydrogens is 286 g/mol. The maximum Gasteiger partial charge on any atom is 0.321 e. The number of carboxylic acid groups (broad SMARTS) is 1. The van der Waals surface area contributed by atoms with Gasteiger partial charge in [-0.15, -0.1) is 0 Å². The smallest absolute Gasteiger partial charge is 0.321 e. The number of hydrogen-bond acceptors (Lipinski definition) is 2. The fourth-order valence-electron chi connectivity index (χ4n) is 3.38. The molecule has 0 aliphatic rings. The first-order valence-corrected chi connectivity index (χ1v) is 7.47. The van der Waals surface area contributed by atoms with Crippen molar-refractivity contribution in [3.8, 4) is 6.07 Å². The molecule has 4 aromatic carbocycles. The summed E-state index contributed by atoms with van der Waals surface area (Å²) in [5.74, 6) is -2.09. The van der Waals surface area contributed by atoms with Gasteiger partial charge >= 0.3 is 5.97 Å². The summed E-state index contributed by atoms with van der Waals surface area (Å²) in [4.78, 5) is 11.2. The van der Waals surface area contributed by atoms with Crippen LogP contribution in [0.5, 0.6) is 0 Å². The van der Waals surface area contributed by atoms with Crippen molar-refractivity contribution in [1.29, 1.82) is 5.26 Å². The van der Waals surface area contributed by atoms with Crippen LogP contribution in [0.3, 0.4) is 0 Å². The lowest BCUT2D eigenvalue weighted by atomic mass is 9.89. The molecular formula is C20H13NO2. The molecule has 1 atom stereocenters. The highest BCUT2D eigenvalue weighted by Crippen LogP contribution is 2.36. The summed E-state index contributed by atoms with van der Waals surface area (Å²) in [5, 5.41) is 25.1. The lowest BCUT2D eigenvalue weighted by Crippen LogP contribution is -2.14. The zero-order valence-corrected chi connectivity index (χ0v) is 12.3. The normalized spacial score (nSPS) is 12.7. The maximum atomic E-state index is 11.2. The Kier molecular flexibility index (Phi) is 2.92. The summed E-state index contributed by atoms with van der Waals surface area (Å²) in [6.45, 7) is 0. The van der Waals surface area contributed by atoms with E-state index in [1.165, 1.54) is 16.2 Å². The summed E-state index contributed by atoms with van der Waals surface area (Å²) >= 11 is 0. The van der Waals surface area contributed by atoms with Crippen LogP contribution < -0.4 is 0 Å². The second-order valence-electron chi connectivity index (χ2n) is 5.80. The molecule has 1 unspecified atom stereocenters. The SMILES string of the molecule is N#CC(Cc1ccc2ccc3cccc4ccc1c2c34)C(=O)O. The average molecular weight is 299 g/mol. The van der Waals surface area contributed by atoms with Gasteiger partial charge in [-0.1, -0.05) is 54.6 Å². The molecule has 0 fully saturated rings. The number of hydrogen-bond donors (Lipinski definition) is 1. The largest absolute Gasteiger partial charge is 0.480 e. The second kappa shape index (κ2) is 4.96. The quantitative estimate of drug-likeness (QED) is 0.572. The van der Waals surface area contributed by atoms with Gasteiger partial charge in [-0.3, -0.25) is 4.79 Å². The highest BCUT2D eigenvalue weighted by Gasteiger charge is 2.19. The Labute approximate surface area is 132 Å². The van der Waals surface area contributed by atoms with E-state index in [4.69, 9.17) is 10.4 Å². The fraction of sp³-hybridized carbons (Fsp3) is 0.100. The van der Waals surface area contributed by atoms with Crippen molar-refractivity contribution in [1.82, 2.24) is 0 Å². The van der Waals surface area contributed by atoms with E-state index in [9.17, 15) is 4.79 Å². The molecule has 0 aliphatic carbocycles.